The Bertz CT molecular complexity index is 526. The zero-order valence-electron chi connectivity index (χ0n) is 8.84. The summed E-state index contributed by atoms with van der Waals surface area (Å²) in [7, 11) is 0. The van der Waals surface area contributed by atoms with E-state index in [9.17, 15) is 10.1 Å². The quantitative estimate of drug-likeness (QED) is 0.671. The summed E-state index contributed by atoms with van der Waals surface area (Å²) in [4.78, 5) is 10.1. The van der Waals surface area contributed by atoms with Crippen LogP contribution in [0, 0.1) is 10.1 Å². The number of hydrogen-bond donors (Lipinski definition) is 1. The molecule has 2 rings (SSSR count). The third-order valence-electron chi connectivity index (χ3n) is 2.30. The molecule has 0 unspecified atom stereocenters. The maximum atomic E-state index is 10.5. The number of non-ortho nitro benzene ring substituents is 1. The van der Waals surface area contributed by atoms with Crippen LogP contribution in [0.25, 0.3) is 0 Å². The number of nitrogens with one attached hydrogen (secondary N) is 1. The third-order valence-corrected chi connectivity index (χ3v) is 2.66. The molecule has 6 heteroatoms. The van der Waals surface area contributed by atoms with E-state index in [4.69, 9.17) is 11.6 Å². The van der Waals surface area contributed by atoms with Gasteiger partial charge in [0.25, 0.3) is 5.69 Å². The van der Waals surface area contributed by atoms with Crippen molar-refractivity contribution in [3.63, 3.8) is 0 Å². The van der Waals surface area contributed by atoms with Gasteiger partial charge in [-0.15, -0.1) is 0 Å². The molecule has 0 spiro atoms. The van der Waals surface area contributed by atoms with E-state index in [-0.39, 0.29) is 5.69 Å². The zero-order chi connectivity index (χ0) is 12.3. The van der Waals surface area contributed by atoms with Gasteiger partial charge in [-0.25, -0.2) is 0 Å². The zero-order valence-corrected chi connectivity index (χ0v) is 9.59. The molecule has 17 heavy (non-hydrogen) atoms. The van der Waals surface area contributed by atoms with E-state index in [1.807, 2.05) is 24.5 Å². The van der Waals surface area contributed by atoms with E-state index < -0.39 is 4.92 Å². The first-order valence-electron chi connectivity index (χ1n) is 4.96. The van der Waals surface area contributed by atoms with Crippen LogP contribution < -0.4 is 5.43 Å². The molecule has 1 N–H and O–H groups in total. The highest BCUT2D eigenvalue weighted by Crippen LogP contribution is 2.22. The highest BCUT2D eigenvalue weighted by Gasteiger charge is 2.08. The van der Waals surface area contributed by atoms with Crippen molar-refractivity contribution in [1.29, 1.82) is 0 Å². The molecule has 1 aromatic heterocycles. The number of halogens is 1. The van der Waals surface area contributed by atoms with E-state index in [2.05, 4.69) is 5.43 Å². The molecule has 2 aromatic rings. The Kier molecular flexibility index (Phi) is 3.30. The van der Waals surface area contributed by atoms with Crippen molar-refractivity contribution < 1.29 is 4.92 Å². The second-order valence-corrected chi connectivity index (χ2v) is 3.87. The van der Waals surface area contributed by atoms with Crippen molar-refractivity contribution in [2.45, 2.75) is 6.54 Å². The Balaban J connectivity index is 2.09. The van der Waals surface area contributed by atoms with Crippen molar-refractivity contribution in [1.82, 2.24) is 4.68 Å². The summed E-state index contributed by atoms with van der Waals surface area (Å²) in [5.74, 6) is 0. The summed E-state index contributed by atoms with van der Waals surface area (Å²) in [5, 5.41) is 10.9. The van der Waals surface area contributed by atoms with Gasteiger partial charge in [0, 0.05) is 24.5 Å². The third kappa shape index (κ3) is 2.76. The Labute approximate surface area is 103 Å². The van der Waals surface area contributed by atoms with Crippen molar-refractivity contribution in [3.05, 3.63) is 63.4 Å². The van der Waals surface area contributed by atoms with Gasteiger partial charge in [0.15, 0.2) is 0 Å². The van der Waals surface area contributed by atoms with Gasteiger partial charge in [-0.1, -0.05) is 11.6 Å². The Hall–Kier alpha value is -2.01. The number of aromatic nitrogens is 1. The van der Waals surface area contributed by atoms with Gasteiger partial charge in [-0.05, 0) is 23.8 Å². The Morgan fingerprint density at radius 2 is 2.06 bits per heavy atom. The predicted molar refractivity (Wildman–Crippen MR) is 65.6 cm³/mol. The summed E-state index contributed by atoms with van der Waals surface area (Å²) in [6, 6.07) is 8.23. The van der Waals surface area contributed by atoms with Crippen molar-refractivity contribution in [3.8, 4) is 0 Å². The molecule has 0 amide bonds. The van der Waals surface area contributed by atoms with Crippen LogP contribution in [0.2, 0.25) is 5.02 Å². The summed E-state index contributed by atoms with van der Waals surface area (Å²) < 4.78 is 1.79. The van der Waals surface area contributed by atoms with Gasteiger partial charge in [0.1, 0.15) is 0 Å². The van der Waals surface area contributed by atoms with Crippen molar-refractivity contribution in [2.24, 2.45) is 0 Å². The maximum absolute atomic E-state index is 10.5. The van der Waals surface area contributed by atoms with Gasteiger partial charge in [0.05, 0.1) is 16.5 Å². The second kappa shape index (κ2) is 4.88. The highest BCUT2D eigenvalue weighted by atomic mass is 35.5. The number of nitro groups is 1. The lowest BCUT2D eigenvalue weighted by molar-refractivity contribution is -0.384. The second-order valence-electron chi connectivity index (χ2n) is 3.46. The van der Waals surface area contributed by atoms with Crippen molar-refractivity contribution >= 4 is 17.3 Å². The van der Waals surface area contributed by atoms with E-state index in [0.717, 1.165) is 5.56 Å². The minimum Gasteiger partial charge on any atom is -0.322 e. The van der Waals surface area contributed by atoms with Crippen LogP contribution in [0.4, 0.5) is 5.69 Å². The largest absolute Gasteiger partial charge is 0.322 e. The first-order valence-corrected chi connectivity index (χ1v) is 5.34. The molecule has 0 aliphatic rings. The lowest BCUT2D eigenvalue weighted by Crippen LogP contribution is -2.12. The molecule has 0 aliphatic heterocycles. The van der Waals surface area contributed by atoms with Crippen LogP contribution in [0.1, 0.15) is 5.56 Å². The number of hydrogen-bond acceptors (Lipinski definition) is 3. The van der Waals surface area contributed by atoms with E-state index >= 15 is 0 Å². The topological polar surface area (TPSA) is 60.1 Å². The number of nitro benzene ring substituents is 1. The summed E-state index contributed by atoms with van der Waals surface area (Å²) in [6.45, 7) is 0.505. The van der Waals surface area contributed by atoms with Gasteiger partial charge in [-0.3, -0.25) is 14.8 Å². The van der Waals surface area contributed by atoms with Gasteiger partial charge in [-0.2, -0.15) is 0 Å². The average Bonchev–Trinajstić information content (AvgIpc) is 2.80. The normalized spacial score (nSPS) is 10.2. The molecular weight excluding hydrogens is 242 g/mol. The minimum absolute atomic E-state index is 0.000265. The molecule has 0 fully saturated rings. The smallest absolute Gasteiger partial charge is 0.270 e. The first kappa shape index (κ1) is 11.5. The molecule has 0 radical (unpaired) electrons. The maximum Gasteiger partial charge on any atom is 0.270 e. The number of benzene rings is 1. The molecule has 0 bridgehead atoms. The number of rotatable bonds is 4. The standard InChI is InChI=1S/C11H10ClN3O2/c12-11-7-10(15(16)17)4-3-9(11)8-13-14-5-1-2-6-14/h1-7,13H,8H2. The molecule has 5 nitrogen and oxygen atoms in total. The lowest BCUT2D eigenvalue weighted by Gasteiger charge is -2.08. The van der Waals surface area contributed by atoms with Gasteiger partial charge in [0.2, 0.25) is 0 Å². The molecular formula is C11H10ClN3O2. The summed E-state index contributed by atoms with van der Waals surface area (Å²) in [6.07, 6.45) is 3.72. The Morgan fingerprint density at radius 1 is 1.35 bits per heavy atom. The molecule has 0 aliphatic carbocycles. The first-order chi connectivity index (χ1) is 8.16. The van der Waals surface area contributed by atoms with Crippen LogP contribution in [0.5, 0.6) is 0 Å². The van der Waals surface area contributed by atoms with Crippen molar-refractivity contribution in [2.75, 3.05) is 5.43 Å². The monoisotopic (exact) mass is 251 g/mol. The summed E-state index contributed by atoms with van der Waals surface area (Å²) in [5.41, 5.74) is 3.90. The molecule has 0 atom stereocenters. The Morgan fingerprint density at radius 3 is 2.65 bits per heavy atom. The molecule has 88 valence electrons. The fraction of sp³-hybridized carbons (Fsp3) is 0.0909. The van der Waals surface area contributed by atoms with Gasteiger partial charge >= 0.3 is 0 Å². The van der Waals surface area contributed by atoms with Crippen LogP contribution in [0.15, 0.2) is 42.7 Å². The molecule has 0 saturated heterocycles. The van der Waals surface area contributed by atoms with Crippen LogP contribution in [-0.2, 0) is 6.54 Å². The fourth-order valence-electron chi connectivity index (χ4n) is 1.41. The van der Waals surface area contributed by atoms with Crippen LogP contribution in [0.3, 0.4) is 0 Å². The fourth-order valence-corrected chi connectivity index (χ4v) is 1.65. The van der Waals surface area contributed by atoms with Crippen LogP contribution >= 0.6 is 11.6 Å². The van der Waals surface area contributed by atoms with E-state index in [0.29, 0.717) is 11.6 Å². The van der Waals surface area contributed by atoms with E-state index in [1.165, 1.54) is 12.1 Å². The molecule has 1 heterocycles. The molecule has 1 aromatic carbocycles. The minimum atomic E-state index is -0.463. The van der Waals surface area contributed by atoms with E-state index in [1.54, 1.807) is 10.7 Å². The number of nitrogens with zero attached hydrogens (tertiary/aromatic N) is 2. The SMILES string of the molecule is O=[N+]([O-])c1ccc(CNn2cccc2)c(Cl)c1. The lowest BCUT2D eigenvalue weighted by atomic mass is 10.2. The van der Waals surface area contributed by atoms with Crippen LogP contribution in [-0.4, -0.2) is 9.60 Å². The average molecular weight is 252 g/mol. The molecule has 0 saturated carbocycles. The van der Waals surface area contributed by atoms with Gasteiger partial charge < -0.3 is 5.43 Å². The summed E-state index contributed by atoms with van der Waals surface area (Å²) >= 11 is 5.96. The predicted octanol–water partition coefficient (Wildman–Crippen LogP) is 2.79. The highest BCUT2D eigenvalue weighted by molar-refractivity contribution is 6.31.